The van der Waals surface area contributed by atoms with E-state index in [9.17, 15) is 0 Å². The fourth-order valence-corrected chi connectivity index (χ4v) is 2.02. The van der Waals surface area contributed by atoms with Crippen molar-refractivity contribution in [3.63, 3.8) is 0 Å². The van der Waals surface area contributed by atoms with Gasteiger partial charge < -0.3 is 15.8 Å². The summed E-state index contributed by atoms with van der Waals surface area (Å²) in [6.07, 6.45) is 2.29. The summed E-state index contributed by atoms with van der Waals surface area (Å²) in [6, 6.07) is 6.08. The van der Waals surface area contributed by atoms with E-state index in [0.717, 1.165) is 42.9 Å². The first-order chi connectivity index (χ1) is 7.59. The van der Waals surface area contributed by atoms with Crippen LogP contribution < -0.4 is 11.1 Å². The first kappa shape index (κ1) is 11.3. The number of anilines is 2. The summed E-state index contributed by atoms with van der Waals surface area (Å²) in [4.78, 5) is 0. The molecule has 88 valence electrons. The molecule has 0 amide bonds. The van der Waals surface area contributed by atoms with Crippen LogP contribution in [0.4, 0.5) is 11.4 Å². The SMILES string of the molecule is Cc1ccc(NCC2(C)CCCO2)cc1N. The zero-order valence-electron chi connectivity index (χ0n) is 10.0. The van der Waals surface area contributed by atoms with Gasteiger partial charge in [-0.15, -0.1) is 0 Å². The molecule has 0 aliphatic carbocycles. The van der Waals surface area contributed by atoms with Crippen molar-refractivity contribution in [1.29, 1.82) is 0 Å². The predicted octanol–water partition coefficient (Wildman–Crippen LogP) is 2.56. The molecule has 0 spiro atoms. The Balaban J connectivity index is 1.96. The van der Waals surface area contributed by atoms with Crippen LogP contribution in [-0.4, -0.2) is 18.8 Å². The Morgan fingerprint density at radius 2 is 2.31 bits per heavy atom. The number of benzene rings is 1. The van der Waals surface area contributed by atoms with Gasteiger partial charge in [0.15, 0.2) is 0 Å². The van der Waals surface area contributed by atoms with Crippen molar-refractivity contribution in [3.8, 4) is 0 Å². The number of rotatable bonds is 3. The average Bonchev–Trinajstić information content (AvgIpc) is 2.68. The lowest BCUT2D eigenvalue weighted by Crippen LogP contribution is -2.32. The molecule has 0 aromatic heterocycles. The summed E-state index contributed by atoms with van der Waals surface area (Å²) < 4.78 is 5.72. The van der Waals surface area contributed by atoms with Crippen LogP contribution in [-0.2, 0) is 4.74 Å². The Morgan fingerprint density at radius 3 is 2.94 bits per heavy atom. The minimum absolute atomic E-state index is 0.0142. The van der Waals surface area contributed by atoms with E-state index in [1.54, 1.807) is 0 Å². The van der Waals surface area contributed by atoms with Gasteiger partial charge in [-0.3, -0.25) is 0 Å². The number of nitrogens with one attached hydrogen (secondary N) is 1. The summed E-state index contributed by atoms with van der Waals surface area (Å²) in [7, 11) is 0. The summed E-state index contributed by atoms with van der Waals surface area (Å²) in [5.41, 5.74) is 8.88. The van der Waals surface area contributed by atoms with Gasteiger partial charge in [0.2, 0.25) is 0 Å². The van der Waals surface area contributed by atoms with Crippen molar-refractivity contribution in [1.82, 2.24) is 0 Å². The zero-order chi connectivity index (χ0) is 11.6. The summed E-state index contributed by atoms with van der Waals surface area (Å²) in [5, 5.41) is 3.39. The molecule has 1 aromatic carbocycles. The molecule has 1 unspecified atom stereocenters. The van der Waals surface area contributed by atoms with Crippen molar-refractivity contribution in [3.05, 3.63) is 23.8 Å². The number of nitrogen functional groups attached to an aromatic ring is 1. The van der Waals surface area contributed by atoms with Crippen molar-refractivity contribution in [2.75, 3.05) is 24.2 Å². The molecular formula is C13H20N2O. The summed E-state index contributed by atoms with van der Waals surface area (Å²) in [6.45, 7) is 5.90. The normalized spacial score (nSPS) is 24.6. The van der Waals surface area contributed by atoms with Crippen molar-refractivity contribution >= 4 is 11.4 Å². The van der Waals surface area contributed by atoms with Crippen molar-refractivity contribution in [2.24, 2.45) is 0 Å². The van der Waals surface area contributed by atoms with Gasteiger partial charge in [-0.1, -0.05) is 6.07 Å². The van der Waals surface area contributed by atoms with Gasteiger partial charge in [0.05, 0.1) is 5.60 Å². The molecule has 2 rings (SSSR count). The molecule has 1 aromatic rings. The van der Waals surface area contributed by atoms with Crippen LogP contribution >= 0.6 is 0 Å². The lowest BCUT2D eigenvalue weighted by atomic mass is 10.0. The highest BCUT2D eigenvalue weighted by Crippen LogP contribution is 2.26. The molecule has 0 bridgehead atoms. The molecule has 1 fully saturated rings. The minimum Gasteiger partial charge on any atom is -0.398 e. The molecule has 3 heteroatoms. The monoisotopic (exact) mass is 220 g/mol. The quantitative estimate of drug-likeness (QED) is 0.770. The zero-order valence-corrected chi connectivity index (χ0v) is 10.0. The summed E-state index contributed by atoms with van der Waals surface area (Å²) >= 11 is 0. The van der Waals surface area contributed by atoms with Gasteiger partial charge in [-0.05, 0) is 44.4 Å². The number of aryl methyl sites for hydroxylation is 1. The average molecular weight is 220 g/mol. The first-order valence-electron chi connectivity index (χ1n) is 5.83. The molecule has 1 aliphatic heterocycles. The van der Waals surface area contributed by atoms with E-state index in [0.29, 0.717) is 0 Å². The second kappa shape index (κ2) is 4.34. The highest BCUT2D eigenvalue weighted by Gasteiger charge is 2.29. The van der Waals surface area contributed by atoms with Crippen LogP contribution in [0, 0.1) is 6.92 Å². The van der Waals surface area contributed by atoms with Crippen molar-refractivity contribution in [2.45, 2.75) is 32.3 Å². The molecule has 16 heavy (non-hydrogen) atoms. The van der Waals surface area contributed by atoms with Crippen LogP contribution in [0.15, 0.2) is 18.2 Å². The summed E-state index contributed by atoms with van der Waals surface area (Å²) in [5.74, 6) is 0. The Kier molecular flexibility index (Phi) is 3.06. The van der Waals surface area contributed by atoms with Crippen molar-refractivity contribution < 1.29 is 4.74 Å². The highest BCUT2D eigenvalue weighted by atomic mass is 16.5. The molecule has 1 atom stereocenters. The maximum atomic E-state index is 5.87. The Bertz CT molecular complexity index is 370. The second-order valence-electron chi connectivity index (χ2n) is 4.83. The first-order valence-corrected chi connectivity index (χ1v) is 5.83. The van der Waals surface area contributed by atoms with E-state index in [1.165, 1.54) is 0 Å². The van der Waals surface area contributed by atoms with Crippen LogP contribution in [0.5, 0.6) is 0 Å². The maximum absolute atomic E-state index is 5.87. The molecule has 3 nitrogen and oxygen atoms in total. The van der Waals surface area contributed by atoms with Gasteiger partial charge in [0.1, 0.15) is 0 Å². The topological polar surface area (TPSA) is 47.3 Å². The van der Waals surface area contributed by atoms with Gasteiger partial charge >= 0.3 is 0 Å². The van der Waals surface area contributed by atoms with Crippen LogP contribution in [0.3, 0.4) is 0 Å². The van der Waals surface area contributed by atoms with Crippen LogP contribution in [0.25, 0.3) is 0 Å². The second-order valence-corrected chi connectivity index (χ2v) is 4.83. The number of hydrogen-bond donors (Lipinski definition) is 2. The molecular weight excluding hydrogens is 200 g/mol. The Morgan fingerprint density at radius 1 is 1.50 bits per heavy atom. The van der Waals surface area contributed by atoms with Crippen LogP contribution in [0.1, 0.15) is 25.3 Å². The standard InChI is InChI=1S/C13H20N2O/c1-10-4-5-11(8-12(10)14)15-9-13(2)6-3-7-16-13/h4-5,8,15H,3,6-7,9,14H2,1-2H3. The Labute approximate surface area is 97.0 Å². The van der Waals surface area contributed by atoms with E-state index in [4.69, 9.17) is 10.5 Å². The largest absolute Gasteiger partial charge is 0.398 e. The lowest BCUT2D eigenvalue weighted by molar-refractivity contribution is 0.0315. The third-order valence-electron chi connectivity index (χ3n) is 3.25. The van der Waals surface area contributed by atoms with Gasteiger partial charge in [-0.25, -0.2) is 0 Å². The molecule has 3 N–H and O–H groups in total. The smallest absolute Gasteiger partial charge is 0.0826 e. The third-order valence-corrected chi connectivity index (χ3v) is 3.25. The molecule has 1 saturated heterocycles. The fourth-order valence-electron chi connectivity index (χ4n) is 2.02. The van der Waals surface area contributed by atoms with Gasteiger partial charge in [0, 0.05) is 24.5 Å². The molecule has 0 radical (unpaired) electrons. The van der Waals surface area contributed by atoms with Gasteiger partial charge in [0.25, 0.3) is 0 Å². The molecule has 1 aliphatic rings. The van der Waals surface area contributed by atoms with E-state index in [1.807, 2.05) is 19.1 Å². The van der Waals surface area contributed by atoms with E-state index in [2.05, 4.69) is 18.3 Å². The van der Waals surface area contributed by atoms with Gasteiger partial charge in [-0.2, -0.15) is 0 Å². The number of ether oxygens (including phenoxy) is 1. The van der Waals surface area contributed by atoms with Crippen LogP contribution in [0.2, 0.25) is 0 Å². The maximum Gasteiger partial charge on any atom is 0.0826 e. The van der Waals surface area contributed by atoms with E-state index < -0.39 is 0 Å². The van der Waals surface area contributed by atoms with E-state index >= 15 is 0 Å². The number of hydrogen-bond acceptors (Lipinski definition) is 3. The predicted molar refractivity (Wildman–Crippen MR) is 67.7 cm³/mol. The highest BCUT2D eigenvalue weighted by molar-refractivity contribution is 5.58. The fraction of sp³-hybridized carbons (Fsp3) is 0.538. The molecule has 1 heterocycles. The third kappa shape index (κ3) is 2.47. The van der Waals surface area contributed by atoms with E-state index in [-0.39, 0.29) is 5.60 Å². The number of nitrogens with two attached hydrogens (primary N) is 1. The minimum atomic E-state index is -0.0142. The Hall–Kier alpha value is -1.22. The molecule has 0 saturated carbocycles. The lowest BCUT2D eigenvalue weighted by Gasteiger charge is -2.24.